The average Bonchev–Trinajstić information content (AvgIpc) is 1.63. The molecular formula is C5H11NO2S. The van der Waals surface area contributed by atoms with Crippen LogP contribution < -0.4 is 4.72 Å². The minimum absolute atomic E-state index is 0.404. The predicted molar refractivity (Wildman–Crippen MR) is 37.7 cm³/mol. The van der Waals surface area contributed by atoms with E-state index in [1.54, 1.807) is 0 Å². The molecule has 0 aromatic rings. The third kappa shape index (κ3) is 7.65. The van der Waals surface area contributed by atoms with Gasteiger partial charge in [0.15, 0.2) is 0 Å². The quantitative estimate of drug-likeness (QED) is 0.440. The zero-order chi connectivity index (χ0) is 7.28. The summed E-state index contributed by atoms with van der Waals surface area (Å²) in [6.07, 6.45) is 1.81. The fourth-order valence-corrected chi connectivity index (χ4v) is 0.565. The Morgan fingerprint density at radius 2 is 2.11 bits per heavy atom. The third-order valence-electron chi connectivity index (χ3n) is 0.731. The summed E-state index contributed by atoms with van der Waals surface area (Å²) < 4.78 is 22.0. The van der Waals surface area contributed by atoms with E-state index in [-0.39, 0.29) is 0 Å². The second-order valence-corrected chi connectivity index (χ2v) is 2.73. The van der Waals surface area contributed by atoms with Crippen LogP contribution in [0.3, 0.4) is 0 Å². The minimum Gasteiger partial charge on any atom is -0.216 e. The third-order valence-corrected chi connectivity index (χ3v) is 1.17. The van der Waals surface area contributed by atoms with Crippen LogP contribution in [0.25, 0.3) is 0 Å². The highest BCUT2D eigenvalue weighted by atomic mass is 32.2. The molecule has 0 rings (SSSR count). The van der Waals surface area contributed by atoms with E-state index in [1.165, 1.54) is 0 Å². The molecule has 0 aliphatic carbocycles. The summed E-state index contributed by atoms with van der Waals surface area (Å²) in [7, 11) is -2.43. The molecule has 0 aliphatic rings. The first-order valence-electron chi connectivity index (χ1n) is 2.64. The van der Waals surface area contributed by atoms with Crippen molar-refractivity contribution in [1.82, 2.24) is 4.72 Å². The number of hydrogen-bond donors (Lipinski definition) is 2. The topological polar surface area (TPSA) is 46.2 Å². The number of allylic oxidation sites excluding steroid dienone is 1. The summed E-state index contributed by atoms with van der Waals surface area (Å²) in [4.78, 5) is 0. The number of nitrogens with one attached hydrogen (secondary N) is 1. The number of hydrogen-bond acceptors (Lipinski definition) is 2. The molecule has 3 nitrogen and oxygen atoms in total. The lowest BCUT2D eigenvalue weighted by molar-refractivity contribution is 0.605. The monoisotopic (exact) mass is 149 g/mol. The Hall–Kier alpha value is -0.350. The largest absolute Gasteiger partial charge is 0.216 e. The summed E-state index contributed by atoms with van der Waals surface area (Å²) in [5.41, 5.74) is 1.11. The van der Waals surface area contributed by atoms with Gasteiger partial charge in [0.1, 0.15) is 0 Å². The Bertz CT molecular complexity index is 160. The van der Waals surface area contributed by atoms with E-state index in [9.17, 15) is 8.42 Å². The summed E-state index contributed by atoms with van der Waals surface area (Å²) in [6.45, 7) is 4.24. The van der Waals surface area contributed by atoms with Gasteiger partial charge in [0.25, 0.3) is 0 Å². The molecule has 0 unspecified atom stereocenters. The summed E-state index contributed by atoms with van der Waals surface area (Å²) in [5, 5.41) is 0. The maximum atomic E-state index is 9.88. The molecule has 0 radical (unpaired) electrons. The fourth-order valence-electron chi connectivity index (χ4n) is 0.324. The first-order chi connectivity index (χ1) is 4.13. The lowest BCUT2D eigenvalue weighted by atomic mass is 10.3. The van der Waals surface area contributed by atoms with Gasteiger partial charge in [0.2, 0.25) is 10.9 Å². The molecule has 0 saturated heterocycles. The van der Waals surface area contributed by atoms with E-state index in [2.05, 4.69) is 4.72 Å². The van der Waals surface area contributed by atoms with Crippen LogP contribution in [0.15, 0.2) is 11.6 Å². The van der Waals surface area contributed by atoms with Crippen LogP contribution in [0.5, 0.6) is 0 Å². The maximum absolute atomic E-state index is 9.88. The SMILES string of the molecule is CC(C)=CCN[SH](=O)=O. The van der Waals surface area contributed by atoms with Crippen LogP contribution in [-0.2, 0) is 10.9 Å². The van der Waals surface area contributed by atoms with E-state index in [1.807, 2.05) is 19.9 Å². The Labute approximate surface area is 56.9 Å². The lowest BCUT2D eigenvalue weighted by Gasteiger charge is -1.88. The molecule has 0 aromatic carbocycles. The Morgan fingerprint density at radius 3 is 2.44 bits per heavy atom. The smallest absolute Gasteiger partial charge is 0.201 e. The van der Waals surface area contributed by atoms with Gasteiger partial charge in [-0.2, -0.15) is 0 Å². The van der Waals surface area contributed by atoms with Crippen LogP contribution in [0.1, 0.15) is 13.8 Å². The molecule has 0 aromatic heterocycles. The fraction of sp³-hybridized carbons (Fsp3) is 0.600. The average molecular weight is 149 g/mol. The standard InChI is InChI=1S/C5H11NO2S/c1-5(2)3-4-6-9(7)8/h3,9H,4H2,1-2H3,(H,6,7,8). The predicted octanol–water partition coefficient (Wildman–Crippen LogP) is 0.0686. The molecule has 9 heavy (non-hydrogen) atoms. The minimum atomic E-state index is -2.43. The molecule has 4 heteroatoms. The Balaban J connectivity index is 3.42. The van der Waals surface area contributed by atoms with Gasteiger partial charge >= 0.3 is 0 Å². The molecule has 0 fully saturated rings. The number of rotatable bonds is 3. The van der Waals surface area contributed by atoms with Gasteiger partial charge in [-0.3, -0.25) is 0 Å². The first-order valence-corrected chi connectivity index (χ1v) is 3.82. The van der Waals surface area contributed by atoms with Crippen LogP contribution in [0.4, 0.5) is 0 Å². The molecule has 0 amide bonds. The molecule has 0 atom stereocenters. The van der Waals surface area contributed by atoms with Gasteiger partial charge in [-0.15, -0.1) is 0 Å². The number of thiol groups is 1. The molecule has 0 spiro atoms. The van der Waals surface area contributed by atoms with Crippen molar-refractivity contribution >= 4 is 10.9 Å². The van der Waals surface area contributed by atoms with E-state index in [0.717, 1.165) is 5.57 Å². The van der Waals surface area contributed by atoms with E-state index in [0.29, 0.717) is 6.54 Å². The molecule has 54 valence electrons. The zero-order valence-corrected chi connectivity index (χ0v) is 6.44. The van der Waals surface area contributed by atoms with Gasteiger partial charge in [0, 0.05) is 6.54 Å². The highest BCUT2D eigenvalue weighted by Gasteiger charge is 1.79. The van der Waals surface area contributed by atoms with Crippen LogP contribution in [-0.4, -0.2) is 15.0 Å². The van der Waals surface area contributed by atoms with Crippen molar-refractivity contribution in [3.8, 4) is 0 Å². The van der Waals surface area contributed by atoms with Crippen LogP contribution in [0, 0.1) is 0 Å². The van der Waals surface area contributed by atoms with Gasteiger partial charge < -0.3 is 0 Å². The molecule has 0 aliphatic heterocycles. The van der Waals surface area contributed by atoms with E-state index >= 15 is 0 Å². The molecule has 1 N–H and O–H groups in total. The van der Waals surface area contributed by atoms with Crippen molar-refractivity contribution in [2.75, 3.05) is 6.54 Å². The summed E-state index contributed by atoms with van der Waals surface area (Å²) in [6, 6.07) is 0. The Kier molecular flexibility index (Phi) is 4.35. The molecule has 0 bridgehead atoms. The van der Waals surface area contributed by atoms with Crippen molar-refractivity contribution in [3.05, 3.63) is 11.6 Å². The molecule has 0 saturated carbocycles. The van der Waals surface area contributed by atoms with Crippen molar-refractivity contribution in [3.63, 3.8) is 0 Å². The van der Waals surface area contributed by atoms with Crippen molar-refractivity contribution in [2.24, 2.45) is 0 Å². The van der Waals surface area contributed by atoms with Crippen molar-refractivity contribution < 1.29 is 8.42 Å². The van der Waals surface area contributed by atoms with Gasteiger partial charge in [-0.05, 0) is 13.8 Å². The highest BCUT2D eigenvalue weighted by molar-refractivity contribution is 7.70. The second kappa shape index (κ2) is 4.52. The first kappa shape index (κ1) is 8.65. The molecule has 0 heterocycles. The van der Waals surface area contributed by atoms with Gasteiger partial charge in [0.05, 0.1) is 0 Å². The van der Waals surface area contributed by atoms with Crippen molar-refractivity contribution in [2.45, 2.75) is 13.8 Å². The maximum Gasteiger partial charge on any atom is 0.201 e. The van der Waals surface area contributed by atoms with Crippen molar-refractivity contribution in [1.29, 1.82) is 0 Å². The normalized spacial score (nSPS) is 9.67. The summed E-state index contributed by atoms with van der Waals surface area (Å²) in [5.74, 6) is 0. The van der Waals surface area contributed by atoms with Crippen LogP contribution >= 0.6 is 0 Å². The molecular weight excluding hydrogens is 138 g/mol. The van der Waals surface area contributed by atoms with Gasteiger partial charge in [-0.1, -0.05) is 11.6 Å². The van der Waals surface area contributed by atoms with Crippen LogP contribution in [0.2, 0.25) is 0 Å². The Morgan fingerprint density at radius 1 is 1.56 bits per heavy atom. The van der Waals surface area contributed by atoms with E-state index in [4.69, 9.17) is 0 Å². The lowest BCUT2D eigenvalue weighted by Crippen LogP contribution is -2.10. The zero-order valence-electron chi connectivity index (χ0n) is 5.55. The highest BCUT2D eigenvalue weighted by Crippen LogP contribution is 1.84. The van der Waals surface area contributed by atoms with E-state index < -0.39 is 10.9 Å². The second-order valence-electron chi connectivity index (χ2n) is 1.90. The van der Waals surface area contributed by atoms with Gasteiger partial charge in [-0.25, -0.2) is 13.1 Å². The summed E-state index contributed by atoms with van der Waals surface area (Å²) >= 11 is 0.